The van der Waals surface area contributed by atoms with E-state index in [9.17, 15) is 14.4 Å². The molecule has 1 amide bonds. The van der Waals surface area contributed by atoms with Gasteiger partial charge in [0.1, 0.15) is 12.1 Å². The van der Waals surface area contributed by atoms with Gasteiger partial charge in [-0.3, -0.25) is 14.9 Å². The number of amides is 1. The van der Waals surface area contributed by atoms with Crippen molar-refractivity contribution in [3.05, 3.63) is 35.9 Å². The molecule has 1 spiro atoms. The zero-order valence-electron chi connectivity index (χ0n) is 20.3. The van der Waals surface area contributed by atoms with E-state index in [1.54, 1.807) is 18.7 Å². The van der Waals surface area contributed by atoms with Crippen molar-refractivity contribution >= 4 is 41.4 Å². The lowest BCUT2D eigenvalue weighted by Gasteiger charge is -2.36. The van der Waals surface area contributed by atoms with Gasteiger partial charge in [0.15, 0.2) is 0 Å². The SMILES string of the molecule is CCOC(=O)C(CCc1ccccc1)NC(C)C(=O)N1CC2(CCCC1C(=O)OC)SCCS2. The Bertz CT molecular complexity index is 832. The fourth-order valence-electron chi connectivity index (χ4n) is 4.60. The van der Waals surface area contributed by atoms with Crippen molar-refractivity contribution < 1.29 is 23.9 Å². The summed E-state index contributed by atoms with van der Waals surface area (Å²) in [6, 6.07) is 8.06. The van der Waals surface area contributed by atoms with E-state index in [4.69, 9.17) is 9.47 Å². The van der Waals surface area contributed by atoms with Crippen LogP contribution >= 0.6 is 23.5 Å². The normalized spacial score (nSPS) is 21.5. The molecule has 1 aromatic carbocycles. The number of aryl methyl sites for hydroxylation is 1. The van der Waals surface area contributed by atoms with E-state index in [2.05, 4.69) is 5.32 Å². The largest absolute Gasteiger partial charge is 0.467 e. The van der Waals surface area contributed by atoms with E-state index >= 15 is 0 Å². The first-order valence-corrected chi connectivity index (χ1v) is 14.0. The summed E-state index contributed by atoms with van der Waals surface area (Å²) >= 11 is 3.77. The first-order valence-electron chi connectivity index (χ1n) is 12.0. The second-order valence-corrected chi connectivity index (χ2v) is 11.9. The molecule has 3 atom stereocenters. The average Bonchev–Trinajstić information content (AvgIpc) is 3.22. The van der Waals surface area contributed by atoms with Crippen molar-refractivity contribution in [2.75, 3.05) is 31.8 Å². The first-order chi connectivity index (χ1) is 16.4. The molecular weight excluding hydrogens is 472 g/mol. The Morgan fingerprint density at radius 2 is 1.91 bits per heavy atom. The Balaban J connectivity index is 1.74. The summed E-state index contributed by atoms with van der Waals surface area (Å²) in [7, 11) is 1.37. The van der Waals surface area contributed by atoms with Crippen LogP contribution in [0.15, 0.2) is 30.3 Å². The summed E-state index contributed by atoms with van der Waals surface area (Å²) in [5.74, 6) is 1.17. The van der Waals surface area contributed by atoms with Crippen molar-refractivity contribution in [3.63, 3.8) is 0 Å². The lowest BCUT2D eigenvalue weighted by Crippen LogP contribution is -2.56. The average molecular weight is 509 g/mol. The van der Waals surface area contributed by atoms with Crippen LogP contribution in [0.1, 0.15) is 45.1 Å². The number of nitrogens with zero attached hydrogens (tertiary/aromatic N) is 1. The number of nitrogens with one attached hydrogen (secondary N) is 1. The molecule has 0 aliphatic carbocycles. The molecule has 1 aromatic rings. The van der Waals surface area contributed by atoms with Crippen molar-refractivity contribution in [3.8, 4) is 0 Å². The Hall–Kier alpha value is -1.71. The molecule has 1 N–H and O–H groups in total. The number of carbonyl (C=O) groups is 3. The second kappa shape index (κ2) is 12.8. The number of ether oxygens (including phenoxy) is 2. The minimum atomic E-state index is -0.649. The number of hydrogen-bond acceptors (Lipinski definition) is 8. The molecule has 7 nitrogen and oxygen atoms in total. The number of thioether (sulfide) groups is 2. The zero-order chi connectivity index (χ0) is 24.6. The summed E-state index contributed by atoms with van der Waals surface area (Å²) < 4.78 is 10.3. The van der Waals surface area contributed by atoms with Crippen molar-refractivity contribution in [1.82, 2.24) is 10.2 Å². The Morgan fingerprint density at radius 3 is 2.56 bits per heavy atom. The molecular formula is C25H36N2O5S2. The second-order valence-electron chi connectivity index (χ2n) is 8.72. The van der Waals surface area contributed by atoms with Gasteiger partial charge in [-0.15, -0.1) is 23.5 Å². The molecule has 0 radical (unpaired) electrons. The maximum absolute atomic E-state index is 13.7. The highest BCUT2D eigenvalue weighted by atomic mass is 32.2. The van der Waals surface area contributed by atoms with E-state index in [-0.39, 0.29) is 28.5 Å². The van der Waals surface area contributed by atoms with E-state index in [0.29, 0.717) is 25.8 Å². The monoisotopic (exact) mass is 508 g/mol. The molecule has 0 aromatic heterocycles. The number of rotatable bonds is 9. The van der Waals surface area contributed by atoms with Gasteiger partial charge in [-0.25, -0.2) is 4.79 Å². The number of likely N-dealkylation sites (tertiary alicyclic amines) is 1. The Kier molecular flexibility index (Phi) is 10.2. The van der Waals surface area contributed by atoms with Crippen LogP contribution in [0, 0.1) is 0 Å². The van der Waals surface area contributed by atoms with Crippen LogP contribution < -0.4 is 5.32 Å². The predicted octanol–water partition coefficient (Wildman–Crippen LogP) is 3.26. The Labute approximate surface area is 211 Å². The maximum Gasteiger partial charge on any atom is 0.328 e. The number of carbonyl (C=O) groups excluding carboxylic acids is 3. The summed E-state index contributed by atoms with van der Waals surface area (Å²) in [6.07, 6.45) is 3.61. The highest BCUT2D eigenvalue weighted by molar-refractivity contribution is 8.21. The minimum absolute atomic E-state index is 0.0774. The molecule has 2 heterocycles. The lowest BCUT2D eigenvalue weighted by molar-refractivity contribution is -0.154. The van der Waals surface area contributed by atoms with Gasteiger partial charge in [0.2, 0.25) is 5.91 Å². The summed E-state index contributed by atoms with van der Waals surface area (Å²) in [5.41, 5.74) is 1.12. The predicted molar refractivity (Wildman–Crippen MR) is 137 cm³/mol. The number of esters is 2. The quantitative estimate of drug-likeness (QED) is 0.509. The molecule has 2 aliphatic rings. The van der Waals surface area contributed by atoms with Gasteiger partial charge in [0, 0.05) is 18.1 Å². The third-order valence-electron chi connectivity index (χ3n) is 6.35. The van der Waals surface area contributed by atoms with Crippen LogP contribution in [0.2, 0.25) is 0 Å². The summed E-state index contributed by atoms with van der Waals surface area (Å²) in [6.45, 7) is 4.31. The topological polar surface area (TPSA) is 84.9 Å². The van der Waals surface area contributed by atoms with Gasteiger partial charge in [-0.2, -0.15) is 0 Å². The van der Waals surface area contributed by atoms with E-state index in [1.165, 1.54) is 7.11 Å². The molecule has 0 saturated carbocycles. The zero-order valence-corrected chi connectivity index (χ0v) is 21.9. The van der Waals surface area contributed by atoms with Gasteiger partial charge in [0.25, 0.3) is 0 Å². The molecule has 2 fully saturated rings. The van der Waals surface area contributed by atoms with Gasteiger partial charge >= 0.3 is 11.9 Å². The molecule has 3 rings (SSSR count). The van der Waals surface area contributed by atoms with Crippen molar-refractivity contribution in [1.29, 1.82) is 0 Å². The van der Waals surface area contributed by atoms with Crippen molar-refractivity contribution in [2.45, 2.75) is 68.2 Å². The third-order valence-corrected chi connectivity index (χ3v) is 9.85. The van der Waals surface area contributed by atoms with Crippen LogP contribution in [0.4, 0.5) is 0 Å². The fourth-order valence-corrected chi connectivity index (χ4v) is 7.89. The molecule has 0 bridgehead atoms. The molecule has 9 heteroatoms. The molecule has 3 unspecified atom stereocenters. The number of hydrogen-bond donors (Lipinski definition) is 1. The standard InChI is InChI=1S/C25H36N2O5S2/c1-4-32-23(29)20(13-12-19-9-6-5-7-10-19)26-18(2)22(28)27-17-25(33-15-16-34-25)14-8-11-21(27)24(30)31-3/h5-7,9-10,18,20-21,26H,4,8,11-17H2,1-3H3. The minimum Gasteiger partial charge on any atom is -0.467 e. The first kappa shape index (κ1) is 26.9. The van der Waals surface area contributed by atoms with Crippen LogP contribution in [0.3, 0.4) is 0 Å². The summed E-state index contributed by atoms with van der Waals surface area (Å²) in [4.78, 5) is 40.7. The third kappa shape index (κ3) is 6.92. The lowest BCUT2D eigenvalue weighted by atomic mass is 10.0. The van der Waals surface area contributed by atoms with Crippen LogP contribution in [0.25, 0.3) is 0 Å². The molecule has 2 saturated heterocycles. The van der Waals surface area contributed by atoms with E-state index < -0.39 is 18.1 Å². The number of methoxy groups -OCH3 is 1. The highest BCUT2D eigenvalue weighted by Gasteiger charge is 2.45. The van der Waals surface area contributed by atoms with Crippen molar-refractivity contribution in [2.24, 2.45) is 0 Å². The van der Waals surface area contributed by atoms with Crippen LogP contribution in [-0.2, 0) is 30.3 Å². The smallest absolute Gasteiger partial charge is 0.328 e. The van der Waals surface area contributed by atoms with E-state index in [1.807, 2.05) is 53.9 Å². The van der Waals surface area contributed by atoms with Crippen LogP contribution in [0.5, 0.6) is 0 Å². The van der Waals surface area contributed by atoms with E-state index in [0.717, 1.165) is 29.9 Å². The van der Waals surface area contributed by atoms with Crippen LogP contribution in [-0.4, -0.2) is 76.7 Å². The molecule has 2 aliphatic heterocycles. The van der Waals surface area contributed by atoms with Gasteiger partial charge < -0.3 is 14.4 Å². The summed E-state index contributed by atoms with van der Waals surface area (Å²) in [5, 5.41) is 3.21. The van der Waals surface area contributed by atoms with Gasteiger partial charge in [0.05, 0.1) is 23.8 Å². The Morgan fingerprint density at radius 1 is 1.21 bits per heavy atom. The molecule has 188 valence electrons. The van der Waals surface area contributed by atoms with Gasteiger partial charge in [-0.1, -0.05) is 30.3 Å². The number of benzene rings is 1. The molecule has 34 heavy (non-hydrogen) atoms. The fraction of sp³-hybridized carbons (Fsp3) is 0.640. The maximum atomic E-state index is 13.7. The van der Waals surface area contributed by atoms with Gasteiger partial charge in [-0.05, 0) is 51.5 Å². The highest BCUT2D eigenvalue weighted by Crippen LogP contribution is 2.49.